The number of amides is 1. The first-order valence-corrected chi connectivity index (χ1v) is 5.83. The predicted molar refractivity (Wildman–Crippen MR) is 69.8 cm³/mol. The fourth-order valence-electron chi connectivity index (χ4n) is 1.52. The van der Waals surface area contributed by atoms with E-state index in [-0.39, 0.29) is 6.61 Å². The van der Waals surface area contributed by atoms with E-state index in [1.54, 1.807) is 26.2 Å². The van der Waals surface area contributed by atoms with Crippen LogP contribution in [0.5, 0.6) is 11.5 Å². The Morgan fingerprint density at radius 2 is 2.11 bits per heavy atom. The van der Waals surface area contributed by atoms with Crippen LogP contribution < -0.4 is 20.5 Å². The molecule has 1 aromatic carbocycles. The summed E-state index contributed by atoms with van der Waals surface area (Å²) in [4.78, 5) is 11.4. The van der Waals surface area contributed by atoms with Gasteiger partial charge in [-0.1, -0.05) is 13.0 Å². The number of carbonyl (C=O) groups is 1. The summed E-state index contributed by atoms with van der Waals surface area (Å²) < 4.78 is 10.7. The molecule has 1 atom stereocenters. The fourth-order valence-corrected chi connectivity index (χ4v) is 1.52. The minimum absolute atomic E-state index is 0.170. The standard InChI is InChI=1S/C13H20N2O3/c1-4-15-13(2,12(14)16)9-18-11-7-5-6-10(8-11)17-3/h5-8,15H,4,9H2,1-3H3,(H2,14,16). The van der Waals surface area contributed by atoms with Crippen molar-refractivity contribution in [3.63, 3.8) is 0 Å². The first kappa shape index (κ1) is 14.3. The van der Waals surface area contributed by atoms with Crippen molar-refractivity contribution in [1.82, 2.24) is 5.32 Å². The summed E-state index contributed by atoms with van der Waals surface area (Å²) in [5, 5.41) is 3.03. The van der Waals surface area contributed by atoms with Crippen LogP contribution in [0, 0.1) is 0 Å². The average molecular weight is 252 g/mol. The van der Waals surface area contributed by atoms with Crippen LogP contribution in [-0.2, 0) is 4.79 Å². The zero-order chi connectivity index (χ0) is 13.6. The Hall–Kier alpha value is -1.75. The van der Waals surface area contributed by atoms with Crippen LogP contribution in [-0.4, -0.2) is 31.7 Å². The van der Waals surface area contributed by atoms with Gasteiger partial charge in [0, 0.05) is 6.07 Å². The van der Waals surface area contributed by atoms with Crippen LogP contribution in [0.3, 0.4) is 0 Å². The van der Waals surface area contributed by atoms with E-state index in [1.807, 2.05) is 19.1 Å². The predicted octanol–water partition coefficient (Wildman–Crippen LogP) is 0.927. The number of primary amides is 1. The molecule has 0 aliphatic rings. The third-order valence-corrected chi connectivity index (χ3v) is 2.68. The van der Waals surface area contributed by atoms with Crippen molar-refractivity contribution in [2.24, 2.45) is 5.73 Å². The lowest BCUT2D eigenvalue weighted by Gasteiger charge is -2.26. The Balaban J connectivity index is 2.69. The number of hydrogen-bond acceptors (Lipinski definition) is 4. The summed E-state index contributed by atoms with van der Waals surface area (Å²) >= 11 is 0. The normalized spacial score (nSPS) is 13.7. The highest BCUT2D eigenvalue weighted by Gasteiger charge is 2.30. The van der Waals surface area contributed by atoms with Gasteiger partial charge in [-0.2, -0.15) is 0 Å². The molecular weight excluding hydrogens is 232 g/mol. The van der Waals surface area contributed by atoms with Crippen molar-refractivity contribution in [3.05, 3.63) is 24.3 Å². The van der Waals surface area contributed by atoms with E-state index < -0.39 is 11.4 Å². The Kier molecular flexibility index (Phi) is 4.97. The molecule has 1 aromatic rings. The van der Waals surface area contributed by atoms with Crippen molar-refractivity contribution >= 4 is 5.91 Å². The first-order valence-electron chi connectivity index (χ1n) is 5.83. The number of methoxy groups -OCH3 is 1. The molecule has 5 heteroatoms. The molecule has 1 unspecified atom stereocenters. The van der Waals surface area contributed by atoms with Gasteiger partial charge in [0.1, 0.15) is 23.6 Å². The number of nitrogens with two attached hydrogens (primary N) is 1. The summed E-state index contributed by atoms with van der Waals surface area (Å²) in [6.07, 6.45) is 0. The van der Waals surface area contributed by atoms with Crippen LogP contribution >= 0.6 is 0 Å². The lowest BCUT2D eigenvalue weighted by Crippen LogP contribution is -2.57. The van der Waals surface area contributed by atoms with Crippen LogP contribution in [0.15, 0.2) is 24.3 Å². The lowest BCUT2D eigenvalue weighted by atomic mass is 10.0. The number of carbonyl (C=O) groups excluding carboxylic acids is 1. The first-order chi connectivity index (χ1) is 8.51. The maximum atomic E-state index is 11.4. The number of ether oxygens (including phenoxy) is 2. The SMILES string of the molecule is CCNC(C)(COc1cccc(OC)c1)C(N)=O. The Morgan fingerprint density at radius 1 is 1.44 bits per heavy atom. The summed E-state index contributed by atoms with van der Waals surface area (Å²) in [6.45, 7) is 4.44. The van der Waals surface area contributed by atoms with Gasteiger partial charge in [-0.05, 0) is 25.6 Å². The Bertz CT molecular complexity index is 409. The number of hydrogen-bond donors (Lipinski definition) is 2. The second-order valence-corrected chi connectivity index (χ2v) is 4.19. The van der Waals surface area contributed by atoms with Gasteiger partial charge < -0.3 is 20.5 Å². The molecule has 100 valence electrons. The van der Waals surface area contributed by atoms with Gasteiger partial charge in [-0.3, -0.25) is 4.79 Å². The molecule has 18 heavy (non-hydrogen) atoms. The maximum Gasteiger partial charge on any atom is 0.240 e. The van der Waals surface area contributed by atoms with E-state index in [0.717, 1.165) is 0 Å². The van der Waals surface area contributed by atoms with Crippen LogP contribution in [0.1, 0.15) is 13.8 Å². The number of likely N-dealkylation sites (N-methyl/N-ethyl adjacent to an activating group) is 1. The van der Waals surface area contributed by atoms with Crippen LogP contribution in [0.4, 0.5) is 0 Å². The smallest absolute Gasteiger partial charge is 0.240 e. The second kappa shape index (κ2) is 6.26. The fraction of sp³-hybridized carbons (Fsp3) is 0.462. The quantitative estimate of drug-likeness (QED) is 0.757. The lowest BCUT2D eigenvalue weighted by molar-refractivity contribution is -0.124. The molecule has 5 nitrogen and oxygen atoms in total. The second-order valence-electron chi connectivity index (χ2n) is 4.19. The molecule has 0 saturated heterocycles. The minimum atomic E-state index is -0.877. The zero-order valence-electron chi connectivity index (χ0n) is 11.0. The van der Waals surface area contributed by atoms with Gasteiger partial charge in [0.15, 0.2) is 0 Å². The molecule has 0 aliphatic heterocycles. The van der Waals surface area contributed by atoms with Gasteiger partial charge in [-0.25, -0.2) is 0 Å². The largest absolute Gasteiger partial charge is 0.497 e. The Morgan fingerprint density at radius 3 is 2.67 bits per heavy atom. The van der Waals surface area contributed by atoms with Crippen molar-refractivity contribution in [2.75, 3.05) is 20.3 Å². The molecule has 0 bridgehead atoms. The molecule has 0 saturated carbocycles. The van der Waals surface area contributed by atoms with Crippen LogP contribution in [0.2, 0.25) is 0 Å². The van der Waals surface area contributed by atoms with Gasteiger partial charge in [-0.15, -0.1) is 0 Å². The number of rotatable bonds is 7. The maximum absolute atomic E-state index is 11.4. The monoisotopic (exact) mass is 252 g/mol. The van der Waals surface area contributed by atoms with E-state index in [1.165, 1.54) is 0 Å². The summed E-state index contributed by atoms with van der Waals surface area (Å²) in [5.41, 5.74) is 4.49. The molecular formula is C13H20N2O3. The molecule has 0 aromatic heterocycles. The molecule has 0 spiro atoms. The third-order valence-electron chi connectivity index (χ3n) is 2.68. The highest BCUT2D eigenvalue weighted by Crippen LogP contribution is 2.19. The average Bonchev–Trinajstić information content (AvgIpc) is 2.37. The van der Waals surface area contributed by atoms with E-state index in [4.69, 9.17) is 15.2 Å². The number of nitrogens with one attached hydrogen (secondary N) is 1. The van der Waals surface area contributed by atoms with Gasteiger partial charge in [0.05, 0.1) is 7.11 Å². The molecule has 0 fully saturated rings. The molecule has 3 N–H and O–H groups in total. The summed E-state index contributed by atoms with van der Waals surface area (Å²) in [6, 6.07) is 7.21. The highest BCUT2D eigenvalue weighted by molar-refractivity contribution is 5.84. The highest BCUT2D eigenvalue weighted by atomic mass is 16.5. The van der Waals surface area contributed by atoms with Crippen molar-refractivity contribution < 1.29 is 14.3 Å². The summed E-state index contributed by atoms with van der Waals surface area (Å²) in [5.74, 6) is 0.906. The van der Waals surface area contributed by atoms with E-state index in [9.17, 15) is 4.79 Å². The zero-order valence-corrected chi connectivity index (χ0v) is 11.0. The van der Waals surface area contributed by atoms with Crippen molar-refractivity contribution in [2.45, 2.75) is 19.4 Å². The third kappa shape index (κ3) is 3.63. The van der Waals surface area contributed by atoms with Crippen molar-refractivity contribution in [1.29, 1.82) is 0 Å². The molecule has 1 rings (SSSR count). The van der Waals surface area contributed by atoms with Gasteiger partial charge in [0.25, 0.3) is 0 Å². The molecule has 0 radical (unpaired) electrons. The topological polar surface area (TPSA) is 73.6 Å². The van der Waals surface area contributed by atoms with Gasteiger partial charge in [0.2, 0.25) is 5.91 Å². The van der Waals surface area contributed by atoms with E-state index >= 15 is 0 Å². The van der Waals surface area contributed by atoms with Gasteiger partial charge >= 0.3 is 0 Å². The van der Waals surface area contributed by atoms with E-state index in [0.29, 0.717) is 18.0 Å². The van der Waals surface area contributed by atoms with Crippen molar-refractivity contribution in [3.8, 4) is 11.5 Å². The molecule has 1 amide bonds. The van der Waals surface area contributed by atoms with E-state index in [2.05, 4.69) is 5.32 Å². The minimum Gasteiger partial charge on any atom is -0.497 e. The molecule has 0 aliphatic carbocycles. The number of benzene rings is 1. The summed E-state index contributed by atoms with van der Waals surface area (Å²) in [7, 11) is 1.59. The Labute approximate surface area is 107 Å². The molecule has 0 heterocycles. The van der Waals surface area contributed by atoms with Crippen LogP contribution in [0.25, 0.3) is 0 Å².